The van der Waals surface area contributed by atoms with Crippen molar-refractivity contribution in [1.82, 2.24) is 15.1 Å². The van der Waals surface area contributed by atoms with E-state index >= 15 is 0 Å². The van der Waals surface area contributed by atoms with Gasteiger partial charge in [-0.2, -0.15) is 5.10 Å². The third kappa shape index (κ3) is 3.28. The molecule has 0 bridgehead atoms. The fraction of sp³-hybridized carbons (Fsp3) is 0.615. The molecule has 0 spiro atoms. The predicted molar refractivity (Wildman–Crippen MR) is 70.7 cm³/mol. The maximum Gasteiger partial charge on any atom is 0.407 e. The molecular weight excluding hydrogens is 262 g/mol. The Morgan fingerprint density at radius 3 is 2.80 bits per heavy atom. The minimum Gasteiger partial charge on any atom is -0.478 e. The van der Waals surface area contributed by atoms with Gasteiger partial charge in [-0.05, 0) is 27.2 Å². The molecule has 0 saturated heterocycles. The summed E-state index contributed by atoms with van der Waals surface area (Å²) in [6.45, 7) is 5.98. The third-order valence-electron chi connectivity index (χ3n) is 3.03. The highest BCUT2D eigenvalue weighted by Crippen LogP contribution is 2.19. The molecule has 0 saturated carbocycles. The topological polar surface area (TPSA) is 93.5 Å². The average molecular weight is 281 g/mol. The van der Waals surface area contributed by atoms with Crippen molar-refractivity contribution in [2.45, 2.75) is 51.8 Å². The van der Waals surface area contributed by atoms with Crippen LogP contribution in [0, 0.1) is 0 Å². The molecule has 7 nitrogen and oxygen atoms in total. The van der Waals surface area contributed by atoms with E-state index in [1.165, 1.54) is 6.20 Å². The minimum atomic E-state index is -0.996. The number of carboxylic acid groups (broad SMARTS) is 1. The molecule has 0 aliphatic carbocycles. The fourth-order valence-electron chi connectivity index (χ4n) is 2.21. The Labute approximate surface area is 116 Å². The zero-order valence-corrected chi connectivity index (χ0v) is 11.8. The first kappa shape index (κ1) is 14.4. The highest BCUT2D eigenvalue weighted by Gasteiger charge is 2.27. The van der Waals surface area contributed by atoms with E-state index in [0.29, 0.717) is 25.1 Å². The van der Waals surface area contributed by atoms with Crippen LogP contribution in [0.4, 0.5) is 4.79 Å². The largest absolute Gasteiger partial charge is 0.478 e. The highest BCUT2D eigenvalue weighted by molar-refractivity contribution is 5.88. The summed E-state index contributed by atoms with van der Waals surface area (Å²) >= 11 is 0. The van der Waals surface area contributed by atoms with Crippen molar-refractivity contribution in [3.8, 4) is 0 Å². The Kier molecular flexibility index (Phi) is 3.69. The van der Waals surface area contributed by atoms with E-state index in [0.717, 1.165) is 0 Å². The van der Waals surface area contributed by atoms with Crippen LogP contribution in [0.2, 0.25) is 0 Å². The van der Waals surface area contributed by atoms with Crippen LogP contribution in [-0.2, 0) is 17.7 Å². The number of nitrogens with zero attached hydrogens (tertiary/aromatic N) is 2. The molecule has 1 aliphatic heterocycles. The number of rotatable bonds is 2. The van der Waals surface area contributed by atoms with Crippen molar-refractivity contribution in [2.24, 2.45) is 0 Å². The minimum absolute atomic E-state index is 0.132. The normalized spacial score (nSPS) is 18.2. The Morgan fingerprint density at radius 1 is 1.50 bits per heavy atom. The van der Waals surface area contributed by atoms with Gasteiger partial charge in [0.05, 0.1) is 11.9 Å². The lowest BCUT2D eigenvalue weighted by Crippen LogP contribution is -2.43. The summed E-state index contributed by atoms with van der Waals surface area (Å²) in [5.41, 5.74) is 0.290. The summed E-state index contributed by atoms with van der Waals surface area (Å²) in [7, 11) is 0. The average Bonchev–Trinajstić information content (AvgIpc) is 2.69. The van der Waals surface area contributed by atoms with Crippen LogP contribution in [0.25, 0.3) is 0 Å². The van der Waals surface area contributed by atoms with E-state index in [1.807, 2.05) is 0 Å². The molecule has 1 aromatic rings. The van der Waals surface area contributed by atoms with Gasteiger partial charge in [-0.25, -0.2) is 9.59 Å². The number of alkyl carbamates (subject to hydrolysis) is 1. The number of carboxylic acids is 1. The molecular formula is C13H19N3O4. The SMILES string of the molecule is CC(C)(C)OC(=O)NC1CCn2ncc(C(=O)O)c2C1. The quantitative estimate of drug-likeness (QED) is 0.855. The number of hydrogen-bond acceptors (Lipinski definition) is 4. The molecule has 1 atom stereocenters. The highest BCUT2D eigenvalue weighted by atomic mass is 16.6. The Bertz CT molecular complexity index is 530. The maximum atomic E-state index is 11.7. The molecule has 2 rings (SSSR count). The molecule has 0 fully saturated rings. The smallest absolute Gasteiger partial charge is 0.407 e. The van der Waals surface area contributed by atoms with Gasteiger partial charge in [0.15, 0.2) is 0 Å². The number of carbonyl (C=O) groups is 2. The lowest BCUT2D eigenvalue weighted by atomic mass is 10.0. The monoisotopic (exact) mass is 281 g/mol. The van der Waals surface area contributed by atoms with Crippen LogP contribution in [0.1, 0.15) is 43.2 Å². The van der Waals surface area contributed by atoms with Crippen molar-refractivity contribution in [1.29, 1.82) is 0 Å². The van der Waals surface area contributed by atoms with Crippen LogP contribution in [0.15, 0.2) is 6.20 Å². The summed E-state index contributed by atoms with van der Waals surface area (Å²) in [5.74, 6) is -0.996. The van der Waals surface area contributed by atoms with E-state index < -0.39 is 17.7 Å². The molecule has 1 aromatic heterocycles. The molecule has 110 valence electrons. The van der Waals surface area contributed by atoms with Gasteiger partial charge in [-0.15, -0.1) is 0 Å². The molecule has 1 amide bonds. The van der Waals surface area contributed by atoms with Crippen molar-refractivity contribution in [3.63, 3.8) is 0 Å². The molecule has 0 aromatic carbocycles. The van der Waals surface area contributed by atoms with Crippen molar-refractivity contribution < 1.29 is 19.4 Å². The number of aromatic carboxylic acids is 1. The summed E-state index contributed by atoms with van der Waals surface area (Å²) in [4.78, 5) is 22.8. The van der Waals surface area contributed by atoms with Gasteiger partial charge in [0, 0.05) is 19.0 Å². The molecule has 7 heteroatoms. The number of amides is 1. The second kappa shape index (κ2) is 5.15. The van der Waals surface area contributed by atoms with Crippen molar-refractivity contribution in [3.05, 3.63) is 17.5 Å². The van der Waals surface area contributed by atoms with E-state index in [-0.39, 0.29) is 11.6 Å². The number of aryl methyl sites for hydroxylation is 1. The first-order valence-corrected chi connectivity index (χ1v) is 6.54. The Hall–Kier alpha value is -2.05. The second-order valence-electron chi connectivity index (χ2n) is 5.87. The van der Waals surface area contributed by atoms with Crippen LogP contribution < -0.4 is 5.32 Å². The van der Waals surface area contributed by atoms with E-state index in [4.69, 9.17) is 9.84 Å². The van der Waals surface area contributed by atoms with Gasteiger partial charge in [0.2, 0.25) is 0 Å². The van der Waals surface area contributed by atoms with Gasteiger partial charge in [-0.3, -0.25) is 4.68 Å². The van der Waals surface area contributed by atoms with Crippen LogP contribution in [0.3, 0.4) is 0 Å². The predicted octanol–water partition coefficient (Wildman–Crippen LogP) is 1.42. The van der Waals surface area contributed by atoms with Gasteiger partial charge in [0.25, 0.3) is 0 Å². The van der Waals surface area contributed by atoms with Gasteiger partial charge in [-0.1, -0.05) is 0 Å². The lowest BCUT2D eigenvalue weighted by molar-refractivity contribution is 0.0496. The molecule has 1 unspecified atom stereocenters. The molecule has 20 heavy (non-hydrogen) atoms. The first-order valence-electron chi connectivity index (χ1n) is 6.54. The van der Waals surface area contributed by atoms with Crippen molar-refractivity contribution in [2.75, 3.05) is 0 Å². The van der Waals surface area contributed by atoms with Crippen molar-refractivity contribution >= 4 is 12.1 Å². The van der Waals surface area contributed by atoms with Gasteiger partial charge < -0.3 is 15.2 Å². The maximum absolute atomic E-state index is 11.7. The third-order valence-corrected chi connectivity index (χ3v) is 3.03. The summed E-state index contributed by atoms with van der Waals surface area (Å²) in [6.07, 6.45) is 2.02. The van der Waals surface area contributed by atoms with Crippen LogP contribution in [0.5, 0.6) is 0 Å². The fourth-order valence-corrected chi connectivity index (χ4v) is 2.21. The lowest BCUT2D eigenvalue weighted by Gasteiger charge is -2.26. The number of hydrogen-bond donors (Lipinski definition) is 2. The van der Waals surface area contributed by atoms with Gasteiger partial charge in [0.1, 0.15) is 11.2 Å². The zero-order chi connectivity index (χ0) is 14.9. The van der Waals surface area contributed by atoms with Crippen LogP contribution in [-0.4, -0.2) is 38.6 Å². The standard InChI is InChI=1S/C13H19N3O4/c1-13(2,3)20-12(19)15-8-4-5-16-10(6-8)9(7-14-16)11(17)18/h7-8H,4-6H2,1-3H3,(H,15,19)(H,17,18). The number of nitrogens with one attached hydrogen (secondary N) is 1. The Balaban J connectivity index is 2.02. The summed E-state index contributed by atoms with van der Waals surface area (Å²) in [5, 5.41) is 15.9. The first-order chi connectivity index (χ1) is 9.26. The molecule has 2 N–H and O–H groups in total. The Morgan fingerprint density at radius 2 is 2.20 bits per heavy atom. The number of ether oxygens (including phenoxy) is 1. The van der Waals surface area contributed by atoms with E-state index in [9.17, 15) is 9.59 Å². The number of aromatic nitrogens is 2. The van der Waals surface area contributed by atoms with Gasteiger partial charge >= 0.3 is 12.1 Å². The number of carbonyl (C=O) groups excluding carboxylic acids is 1. The van der Waals surface area contributed by atoms with E-state index in [1.54, 1.807) is 25.5 Å². The molecule has 0 radical (unpaired) electrons. The molecule has 1 aliphatic rings. The summed E-state index contributed by atoms with van der Waals surface area (Å²) in [6, 6.07) is -0.132. The number of fused-ring (bicyclic) bond motifs is 1. The molecule has 2 heterocycles. The second-order valence-corrected chi connectivity index (χ2v) is 5.87. The summed E-state index contributed by atoms with van der Waals surface area (Å²) < 4.78 is 6.88. The zero-order valence-electron chi connectivity index (χ0n) is 11.8. The van der Waals surface area contributed by atoms with E-state index in [2.05, 4.69) is 10.4 Å². The van der Waals surface area contributed by atoms with Crippen LogP contribution >= 0.6 is 0 Å².